The lowest BCUT2D eigenvalue weighted by Crippen LogP contribution is -2.31. The van der Waals surface area contributed by atoms with Crippen LogP contribution in [-0.4, -0.2) is 45.2 Å². The summed E-state index contributed by atoms with van der Waals surface area (Å²) >= 11 is 0. The van der Waals surface area contributed by atoms with E-state index in [1.807, 2.05) is 0 Å². The molecule has 0 radical (unpaired) electrons. The van der Waals surface area contributed by atoms with Crippen molar-refractivity contribution in [2.45, 2.75) is 12.2 Å². The normalized spacial score (nSPS) is 25.8. The molecule has 0 saturated heterocycles. The summed E-state index contributed by atoms with van der Waals surface area (Å²) in [6.07, 6.45) is -2.78. The Labute approximate surface area is 67.3 Å². The van der Waals surface area contributed by atoms with E-state index in [1.54, 1.807) is 0 Å². The molecule has 0 aromatic carbocycles. The lowest BCUT2D eigenvalue weighted by atomic mass is 10.2. The fraction of sp³-hybridized carbons (Fsp3) is 0.500. The van der Waals surface area contributed by atoms with Gasteiger partial charge < -0.3 is 25.2 Å². The first-order chi connectivity index (χ1) is 5.57. The Hall–Kier alpha value is -1.27. The zero-order valence-electron chi connectivity index (χ0n) is 5.97. The van der Waals surface area contributed by atoms with Gasteiger partial charge in [0.15, 0.2) is 11.9 Å². The zero-order valence-corrected chi connectivity index (χ0v) is 5.97. The average molecular weight is 176 g/mol. The van der Waals surface area contributed by atoms with Crippen LogP contribution in [-0.2, 0) is 9.53 Å². The average Bonchev–Trinajstić information content (AvgIpc) is 2.32. The van der Waals surface area contributed by atoms with Crippen LogP contribution in [0.2, 0.25) is 0 Å². The molecule has 0 aromatic rings. The van der Waals surface area contributed by atoms with Gasteiger partial charge in [0.2, 0.25) is 5.76 Å². The highest BCUT2D eigenvalue weighted by atomic mass is 16.6. The molecule has 1 unspecified atom stereocenters. The van der Waals surface area contributed by atoms with Crippen molar-refractivity contribution in [3.63, 3.8) is 0 Å². The molecule has 1 aliphatic heterocycles. The number of cyclic esters (lactones) is 1. The van der Waals surface area contributed by atoms with E-state index < -0.39 is 36.3 Å². The highest BCUT2D eigenvalue weighted by Crippen LogP contribution is 2.20. The fourth-order valence-electron chi connectivity index (χ4n) is 0.823. The quantitative estimate of drug-likeness (QED) is 0.385. The molecular formula is C6H8O6. The van der Waals surface area contributed by atoms with Gasteiger partial charge in [0.1, 0.15) is 6.10 Å². The number of aliphatic hydroxyl groups excluding tert-OH is 4. The summed E-state index contributed by atoms with van der Waals surface area (Å²) in [7, 11) is 0. The SMILES string of the molecule is O=C1OC([C@@H](O)CO)C(O)=C1O. The van der Waals surface area contributed by atoms with Crippen LogP contribution < -0.4 is 0 Å². The minimum Gasteiger partial charge on any atom is -0.505 e. The Morgan fingerprint density at radius 2 is 2.08 bits per heavy atom. The van der Waals surface area contributed by atoms with E-state index in [0.29, 0.717) is 0 Å². The third-order valence-corrected chi connectivity index (χ3v) is 1.48. The molecular weight excluding hydrogens is 168 g/mol. The van der Waals surface area contributed by atoms with E-state index in [0.717, 1.165) is 0 Å². The van der Waals surface area contributed by atoms with Crippen LogP contribution in [0.25, 0.3) is 0 Å². The summed E-state index contributed by atoms with van der Waals surface area (Å²) in [5, 5.41) is 35.0. The lowest BCUT2D eigenvalue weighted by molar-refractivity contribution is -0.147. The zero-order chi connectivity index (χ0) is 9.30. The first kappa shape index (κ1) is 8.82. The van der Waals surface area contributed by atoms with Crippen LogP contribution in [0, 0.1) is 0 Å². The number of ether oxygens (including phenoxy) is 1. The summed E-state index contributed by atoms with van der Waals surface area (Å²) in [5.41, 5.74) is 0. The molecule has 0 fully saturated rings. The van der Waals surface area contributed by atoms with E-state index in [1.165, 1.54) is 0 Å². The molecule has 6 heteroatoms. The first-order valence-corrected chi connectivity index (χ1v) is 3.20. The van der Waals surface area contributed by atoms with E-state index in [2.05, 4.69) is 4.74 Å². The van der Waals surface area contributed by atoms with Crippen LogP contribution in [0.1, 0.15) is 0 Å². The Balaban J connectivity index is 2.80. The summed E-state index contributed by atoms with van der Waals surface area (Å²) in [4.78, 5) is 10.5. The Kier molecular flexibility index (Phi) is 2.20. The maximum Gasteiger partial charge on any atom is 0.377 e. The molecule has 1 heterocycles. The Morgan fingerprint density at radius 3 is 2.42 bits per heavy atom. The van der Waals surface area contributed by atoms with Gasteiger partial charge in [0.05, 0.1) is 6.61 Å². The van der Waals surface area contributed by atoms with Crippen LogP contribution in [0.5, 0.6) is 0 Å². The lowest BCUT2D eigenvalue weighted by Gasteiger charge is -2.13. The van der Waals surface area contributed by atoms with E-state index in [4.69, 9.17) is 20.4 Å². The van der Waals surface area contributed by atoms with Crippen molar-refractivity contribution in [1.82, 2.24) is 0 Å². The molecule has 68 valence electrons. The molecule has 4 N–H and O–H groups in total. The predicted molar refractivity (Wildman–Crippen MR) is 35.3 cm³/mol. The van der Waals surface area contributed by atoms with Crippen LogP contribution >= 0.6 is 0 Å². The van der Waals surface area contributed by atoms with Gasteiger partial charge in [-0.3, -0.25) is 0 Å². The standard InChI is InChI=1S/C6H8O6/c7-1-2(8)5-3(9)4(10)6(11)12-5/h2,5,7-10H,1H2/t2-,5?/m0/s1. The molecule has 0 spiro atoms. The van der Waals surface area contributed by atoms with Crippen molar-refractivity contribution < 1.29 is 30.0 Å². The maximum absolute atomic E-state index is 10.5. The maximum atomic E-state index is 10.5. The largest absolute Gasteiger partial charge is 0.505 e. The van der Waals surface area contributed by atoms with Crippen LogP contribution in [0.4, 0.5) is 0 Å². The molecule has 12 heavy (non-hydrogen) atoms. The predicted octanol–water partition coefficient (Wildman–Crippen LogP) is -1.41. The number of hydrogen-bond acceptors (Lipinski definition) is 6. The molecule has 0 bridgehead atoms. The van der Waals surface area contributed by atoms with E-state index in [-0.39, 0.29) is 0 Å². The second-order valence-corrected chi connectivity index (χ2v) is 2.31. The first-order valence-electron chi connectivity index (χ1n) is 3.20. The smallest absolute Gasteiger partial charge is 0.377 e. The van der Waals surface area contributed by atoms with Crippen molar-refractivity contribution in [3.05, 3.63) is 11.5 Å². The van der Waals surface area contributed by atoms with Gasteiger partial charge in [-0.1, -0.05) is 0 Å². The van der Waals surface area contributed by atoms with Gasteiger partial charge in [-0.25, -0.2) is 4.79 Å². The van der Waals surface area contributed by atoms with Gasteiger partial charge in [0, 0.05) is 0 Å². The third kappa shape index (κ3) is 1.21. The number of carbonyl (C=O) groups is 1. The molecule has 1 rings (SSSR count). The van der Waals surface area contributed by atoms with E-state index in [9.17, 15) is 4.79 Å². The van der Waals surface area contributed by atoms with Gasteiger partial charge in [-0.05, 0) is 0 Å². The molecule has 1 aliphatic rings. The van der Waals surface area contributed by atoms with Gasteiger partial charge in [0.25, 0.3) is 0 Å². The highest BCUT2D eigenvalue weighted by Gasteiger charge is 2.38. The topological polar surface area (TPSA) is 107 Å². The van der Waals surface area contributed by atoms with Crippen molar-refractivity contribution in [1.29, 1.82) is 0 Å². The van der Waals surface area contributed by atoms with Crippen molar-refractivity contribution in [3.8, 4) is 0 Å². The highest BCUT2D eigenvalue weighted by molar-refractivity contribution is 5.89. The fourth-order valence-corrected chi connectivity index (χ4v) is 0.823. The summed E-state index contributed by atoms with van der Waals surface area (Å²) in [6.45, 7) is -0.671. The van der Waals surface area contributed by atoms with Gasteiger partial charge in [-0.15, -0.1) is 0 Å². The van der Waals surface area contributed by atoms with Gasteiger partial charge in [-0.2, -0.15) is 0 Å². The Morgan fingerprint density at radius 1 is 1.50 bits per heavy atom. The number of rotatable bonds is 2. The number of hydrogen-bond donors (Lipinski definition) is 4. The molecule has 0 saturated carbocycles. The molecule has 0 aliphatic carbocycles. The molecule has 0 aromatic heterocycles. The molecule has 2 atom stereocenters. The van der Waals surface area contributed by atoms with E-state index >= 15 is 0 Å². The van der Waals surface area contributed by atoms with Crippen LogP contribution in [0.15, 0.2) is 11.5 Å². The van der Waals surface area contributed by atoms with Crippen molar-refractivity contribution >= 4 is 5.97 Å². The van der Waals surface area contributed by atoms with Crippen LogP contribution in [0.3, 0.4) is 0 Å². The number of esters is 1. The minimum absolute atomic E-state index is 0.671. The number of carbonyl (C=O) groups excluding carboxylic acids is 1. The summed E-state index contributed by atoms with van der Waals surface area (Å²) in [6, 6.07) is 0. The summed E-state index contributed by atoms with van der Waals surface area (Å²) < 4.78 is 4.32. The Bertz CT molecular complexity index is 232. The number of aliphatic hydroxyl groups is 4. The van der Waals surface area contributed by atoms with Crippen molar-refractivity contribution in [2.75, 3.05) is 6.61 Å². The molecule has 0 amide bonds. The second kappa shape index (κ2) is 3.00. The minimum atomic E-state index is -1.42. The third-order valence-electron chi connectivity index (χ3n) is 1.48. The second-order valence-electron chi connectivity index (χ2n) is 2.31. The molecule has 6 nitrogen and oxygen atoms in total. The monoisotopic (exact) mass is 176 g/mol. The summed E-state index contributed by atoms with van der Waals surface area (Å²) in [5.74, 6) is -2.78. The van der Waals surface area contributed by atoms with Gasteiger partial charge >= 0.3 is 5.97 Å². The van der Waals surface area contributed by atoms with Crippen molar-refractivity contribution in [2.24, 2.45) is 0 Å².